The molecule has 0 bridgehead atoms. The van der Waals surface area contributed by atoms with Crippen LogP contribution in [0, 0.1) is 5.92 Å². The number of Topliss-reactive ketones (excluding diaryl/α,β-unsaturated/α-hetero) is 1. The lowest BCUT2D eigenvalue weighted by Crippen LogP contribution is -2.08. The maximum absolute atomic E-state index is 13.0. The minimum absolute atomic E-state index is 0.265. The fourth-order valence-electron chi connectivity index (χ4n) is 4.63. The van der Waals surface area contributed by atoms with Gasteiger partial charge < -0.3 is 4.74 Å². The van der Waals surface area contributed by atoms with E-state index in [0.29, 0.717) is 18.9 Å². The van der Waals surface area contributed by atoms with Crippen LogP contribution in [-0.4, -0.2) is 18.4 Å². The van der Waals surface area contributed by atoms with Crippen molar-refractivity contribution in [3.05, 3.63) is 28.0 Å². The van der Waals surface area contributed by atoms with E-state index in [4.69, 9.17) is 4.74 Å². The summed E-state index contributed by atoms with van der Waals surface area (Å²) in [5, 5.41) is 0. The third kappa shape index (κ3) is 12.0. The van der Waals surface area contributed by atoms with E-state index in [1.165, 1.54) is 120 Å². The minimum Gasteiger partial charge on any atom is -0.463 e. The molecular formula is C28H44O3S. The van der Waals surface area contributed by atoms with Gasteiger partial charge in [0.25, 0.3) is 0 Å². The molecule has 0 saturated heterocycles. The molecule has 0 spiro atoms. The van der Waals surface area contributed by atoms with Gasteiger partial charge in [-0.05, 0) is 31.1 Å². The van der Waals surface area contributed by atoms with Gasteiger partial charge in [0, 0.05) is 17.4 Å². The number of esters is 1. The van der Waals surface area contributed by atoms with Gasteiger partial charge in [0.2, 0.25) is 0 Å². The third-order valence-corrected chi connectivity index (χ3v) is 7.61. The summed E-state index contributed by atoms with van der Waals surface area (Å²) in [5.41, 5.74) is 0. The molecule has 0 aliphatic heterocycles. The van der Waals surface area contributed by atoms with Crippen LogP contribution in [0.2, 0.25) is 0 Å². The van der Waals surface area contributed by atoms with Crippen molar-refractivity contribution >= 4 is 29.2 Å². The third-order valence-electron chi connectivity index (χ3n) is 6.52. The van der Waals surface area contributed by atoms with E-state index >= 15 is 0 Å². The molecule has 0 amide bonds. The quantitative estimate of drug-likeness (QED) is 0.242. The SMILES string of the molecule is CCOC(=O)/C=C/c1ccc(C(=O)CC2CCCCCCCCCCCCCCCC2)s1. The van der Waals surface area contributed by atoms with Crippen LogP contribution >= 0.6 is 11.3 Å². The molecule has 4 heteroatoms. The van der Waals surface area contributed by atoms with Crippen molar-refractivity contribution in [1.82, 2.24) is 0 Å². The first-order valence-electron chi connectivity index (χ1n) is 13.2. The predicted octanol–water partition coefficient (Wildman–Crippen LogP) is 8.77. The number of ketones is 1. The van der Waals surface area contributed by atoms with Gasteiger partial charge in [0.05, 0.1) is 11.5 Å². The van der Waals surface area contributed by atoms with E-state index in [1.807, 2.05) is 12.1 Å². The Morgan fingerprint density at radius 2 is 1.34 bits per heavy atom. The Kier molecular flexibility index (Phi) is 14.3. The van der Waals surface area contributed by atoms with E-state index in [1.54, 1.807) is 13.0 Å². The summed E-state index contributed by atoms with van der Waals surface area (Å²) >= 11 is 1.48. The van der Waals surface area contributed by atoms with E-state index < -0.39 is 0 Å². The molecular weight excluding hydrogens is 416 g/mol. The molecule has 2 rings (SSSR count). The van der Waals surface area contributed by atoms with Gasteiger partial charge >= 0.3 is 5.97 Å². The van der Waals surface area contributed by atoms with Gasteiger partial charge in [-0.25, -0.2) is 4.79 Å². The minimum atomic E-state index is -0.338. The topological polar surface area (TPSA) is 43.4 Å². The summed E-state index contributed by atoms with van der Waals surface area (Å²) in [5.74, 6) is 0.441. The van der Waals surface area contributed by atoms with Gasteiger partial charge in [-0.1, -0.05) is 103 Å². The Bertz CT molecular complexity index is 658. The molecule has 1 aromatic heterocycles. The van der Waals surface area contributed by atoms with Crippen LogP contribution < -0.4 is 0 Å². The molecule has 0 aromatic carbocycles. The fraction of sp³-hybridized carbons (Fsp3) is 0.714. The largest absolute Gasteiger partial charge is 0.463 e. The highest BCUT2D eigenvalue weighted by Gasteiger charge is 2.17. The van der Waals surface area contributed by atoms with Gasteiger partial charge in [-0.3, -0.25) is 4.79 Å². The Hall–Kier alpha value is -1.42. The van der Waals surface area contributed by atoms with Gasteiger partial charge in [-0.2, -0.15) is 0 Å². The van der Waals surface area contributed by atoms with E-state index in [2.05, 4.69) is 0 Å². The van der Waals surface area contributed by atoms with Gasteiger partial charge in [0.1, 0.15) is 0 Å². The number of carbonyl (C=O) groups is 2. The zero-order valence-electron chi connectivity index (χ0n) is 20.2. The summed E-state index contributed by atoms with van der Waals surface area (Å²) < 4.78 is 4.92. The lowest BCUT2D eigenvalue weighted by atomic mass is 9.89. The van der Waals surface area contributed by atoms with Crippen LogP contribution in [0.4, 0.5) is 0 Å². The van der Waals surface area contributed by atoms with Crippen LogP contribution in [0.1, 0.15) is 131 Å². The van der Waals surface area contributed by atoms with Crippen molar-refractivity contribution in [2.24, 2.45) is 5.92 Å². The van der Waals surface area contributed by atoms with Crippen LogP contribution in [0.15, 0.2) is 18.2 Å². The maximum atomic E-state index is 13.0. The van der Waals surface area contributed by atoms with Crippen molar-refractivity contribution in [3.63, 3.8) is 0 Å². The molecule has 3 nitrogen and oxygen atoms in total. The highest BCUT2D eigenvalue weighted by molar-refractivity contribution is 7.14. The molecule has 0 radical (unpaired) electrons. The number of ether oxygens (including phenoxy) is 1. The Labute approximate surface area is 200 Å². The molecule has 32 heavy (non-hydrogen) atoms. The molecule has 1 fully saturated rings. The zero-order valence-corrected chi connectivity index (χ0v) is 21.1. The predicted molar refractivity (Wildman–Crippen MR) is 136 cm³/mol. The average Bonchev–Trinajstić information content (AvgIpc) is 3.26. The average molecular weight is 461 g/mol. The van der Waals surface area contributed by atoms with Crippen molar-refractivity contribution in [3.8, 4) is 0 Å². The highest BCUT2D eigenvalue weighted by Crippen LogP contribution is 2.27. The normalized spacial score (nSPS) is 18.9. The molecule has 1 aliphatic rings. The maximum Gasteiger partial charge on any atom is 0.330 e. The lowest BCUT2D eigenvalue weighted by Gasteiger charge is -2.16. The standard InChI is InChI=1S/C28H44O3S/c1-2-31-28(30)22-20-25-19-21-27(32-25)26(29)23-24-17-15-13-11-9-7-5-3-4-6-8-10-12-14-16-18-24/h19-22,24H,2-18,23H2,1H3/b22-20+. The van der Waals surface area contributed by atoms with Crippen molar-refractivity contribution in [1.29, 1.82) is 0 Å². The number of rotatable bonds is 6. The van der Waals surface area contributed by atoms with Crippen LogP contribution in [0.25, 0.3) is 6.08 Å². The molecule has 180 valence electrons. The zero-order chi connectivity index (χ0) is 22.9. The summed E-state index contributed by atoms with van der Waals surface area (Å²) in [6.07, 6.45) is 25.3. The molecule has 1 aromatic rings. The molecule has 1 heterocycles. The second-order valence-corrected chi connectivity index (χ2v) is 10.4. The fourth-order valence-corrected chi connectivity index (χ4v) is 5.49. The van der Waals surface area contributed by atoms with Gasteiger partial charge in [-0.15, -0.1) is 11.3 Å². The van der Waals surface area contributed by atoms with E-state index in [9.17, 15) is 9.59 Å². The summed E-state index contributed by atoms with van der Waals surface area (Å²) in [6.45, 7) is 2.17. The van der Waals surface area contributed by atoms with Crippen molar-refractivity contribution in [2.45, 2.75) is 116 Å². The van der Waals surface area contributed by atoms with Crippen LogP contribution in [-0.2, 0) is 9.53 Å². The summed E-state index contributed by atoms with van der Waals surface area (Å²) in [6, 6.07) is 3.84. The smallest absolute Gasteiger partial charge is 0.330 e. The Morgan fingerprint density at radius 3 is 1.84 bits per heavy atom. The van der Waals surface area contributed by atoms with E-state index in [0.717, 1.165) is 9.75 Å². The Balaban J connectivity index is 1.84. The monoisotopic (exact) mass is 460 g/mol. The van der Waals surface area contributed by atoms with Crippen LogP contribution in [0.3, 0.4) is 0 Å². The van der Waals surface area contributed by atoms with Gasteiger partial charge in [0.15, 0.2) is 5.78 Å². The van der Waals surface area contributed by atoms with Crippen LogP contribution in [0.5, 0.6) is 0 Å². The summed E-state index contributed by atoms with van der Waals surface area (Å²) in [4.78, 5) is 26.2. The number of carbonyl (C=O) groups excluding carboxylic acids is 2. The first-order valence-corrected chi connectivity index (χ1v) is 14.0. The number of hydrogen-bond donors (Lipinski definition) is 0. The number of thiophene rings is 1. The highest BCUT2D eigenvalue weighted by atomic mass is 32.1. The second kappa shape index (κ2) is 17.1. The first kappa shape index (κ1) is 26.8. The summed E-state index contributed by atoms with van der Waals surface area (Å²) in [7, 11) is 0. The Morgan fingerprint density at radius 1 is 0.844 bits per heavy atom. The first-order chi connectivity index (χ1) is 15.7. The molecule has 1 saturated carbocycles. The van der Waals surface area contributed by atoms with Crippen molar-refractivity contribution < 1.29 is 14.3 Å². The lowest BCUT2D eigenvalue weighted by molar-refractivity contribution is -0.137. The van der Waals surface area contributed by atoms with Crippen molar-refractivity contribution in [2.75, 3.05) is 6.61 Å². The number of hydrogen-bond acceptors (Lipinski definition) is 4. The molecule has 1 aliphatic carbocycles. The molecule has 0 unspecified atom stereocenters. The second-order valence-electron chi connectivity index (χ2n) is 9.31. The van der Waals surface area contributed by atoms with E-state index in [-0.39, 0.29) is 11.8 Å². The molecule has 0 atom stereocenters. The molecule has 0 N–H and O–H groups in total.